The summed E-state index contributed by atoms with van der Waals surface area (Å²) in [6.07, 6.45) is 21.3. The van der Waals surface area contributed by atoms with Gasteiger partial charge >= 0.3 is 5.97 Å². The second-order valence-corrected chi connectivity index (χ2v) is 16.4. The van der Waals surface area contributed by atoms with Gasteiger partial charge in [0.05, 0.1) is 39.6 Å². The summed E-state index contributed by atoms with van der Waals surface area (Å²) in [5, 5.41) is 34.4. The van der Waals surface area contributed by atoms with E-state index in [1.165, 1.54) is 64.2 Å². The number of carboxylic acids is 1. The van der Waals surface area contributed by atoms with Gasteiger partial charge in [0.2, 0.25) is 35.4 Å². The number of ether oxygens (including phenoxy) is 4. The predicted molar refractivity (Wildman–Crippen MR) is 251 cm³/mol. The number of carbonyl (C=O) groups excluding carboxylic acids is 6. The molecule has 0 aromatic carbocycles. The van der Waals surface area contributed by atoms with E-state index < -0.39 is 17.9 Å². The minimum atomic E-state index is -1.24. The molecule has 0 aliphatic heterocycles. The number of carbonyl (C=O) groups is 7. The number of aliphatic carboxylic acids is 1. The van der Waals surface area contributed by atoms with Crippen LogP contribution in [0.25, 0.3) is 0 Å². The molecule has 0 saturated heterocycles. The first-order chi connectivity index (χ1) is 32.1. The Morgan fingerprint density at radius 3 is 1.23 bits per heavy atom. The molecule has 8 N–H and O–H groups in total. The molecule has 6 amide bonds. The zero-order valence-electron chi connectivity index (χ0n) is 40.3. The first kappa shape index (κ1) is 62.1. The number of aliphatic hydroxyl groups is 1. The number of amides is 6. The van der Waals surface area contributed by atoms with Gasteiger partial charge in [-0.25, -0.2) is 4.79 Å². The van der Waals surface area contributed by atoms with E-state index in [9.17, 15) is 38.7 Å². The first-order valence-corrected chi connectivity index (χ1v) is 24.9. The van der Waals surface area contributed by atoms with Gasteiger partial charge in [-0.1, -0.05) is 96.8 Å². The van der Waals surface area contributed by atoms with Gasteiger partial charge in [0.25, 0.3) is 0 Å². The molecule has 0 fully saturated rings. The van der Waals surface area contributed by atoms with E-state index in [0.717, 1.165) is 44.9 Å². The van der Waals surface area contributed by atoms with E-state index >= 15 is 0 Å². The molecule has 0 radical (unpaired) electrons. The van der Waals surface area contributed by atoms with E-state index in [1.807, 2.05) is 0 Å². The van der Waals surface area contributed by atoms with Crippen LogP contribution in [0.1, 0.15) is 161 Å². The van der Waals surface area contributed by atoms with Gasteiger partial charge in [0, 0.05) is 65.0 Å². The molecule has 0 rings (SSSR count). The van der Waals surface area contributed by atoms with E-state index in [0.29, 0.717) is 51.9 Å². The Bertz CT molecular complexity index is 1260. The highest BCUT2D eigenvalue weighted by Gasteiger charge is 2.21. The predicted octanol–water partition coefficient (Wildman–Crippen LogP) is 3.58. The van der Waals surface area contributed by atoms with Crippen LogP contribution in [0.4, 0.5) is 0 Å². The lowest BCUT2D eigenvalue weighted by atomic mass is 10.0. The summed E-state index contributed by atoms with van der Waals surface area (Å²) >= 11 is 0. The molecule has 0 aliphatic rings. The van der Waals surface area contributed by atoms with Crippen LogP contribution >= 0.6 is 0 Å². The molecule has 1 atom stereocenters. The van der Waals surface area contributed by atoms with Crippen molar-refractivity contribution in [3.8, 4) is 0 Å². The Morgan fingerprint density at radius 1 is 0.394 bits per heavy atom. The quantitative estimate of drug-likeness (QED) is 0.0406. The molecule has 0 aromatic rings. The van der Waals surface area contributed by atoms with Gasteiger partial charge in [-0.15, -0.1) is 0 Å². The van der Waals surface area contributed by atoms with Gasteiger partial charge in [0.1, 0.15) is 19.3 Å². The smallest absolute Gasteiger partial charge is 0.326 e. The maximum atomic E-state index is 12.3. The fourth-order valence-corrected chi connectivity index (χ4v) is 6.51. The van der Waals surface area contributed by atoms with Gasteiger partial charge < -0.3 is 61.1 Å². The molecule has 1 unspecified atom stereocenters. The van der Waals surface area contributed by atoms with Crippen molar-refractivity contribution in [3.05, 3.63) is 0 Å². The topological polar surface area (TPSA) is 269 Å². The first-order valence-electron chi connectivity index (χ1n) is 24.9. The highest BCUT2D eigenvalue weighted by molar-refractivity contribution is 5.84. The van der Waals surface area contributed by atoms with Crippen molar-refractivity contribution in [2.45, 2.75) is 167 Å². The molecule has 384 valence electrons. The Balaban J connectivity index is 3.69. The fourth-order valence-electron chi connectivity index (χ4n) is 6.51. The Morgan fingerprint density at radius 2 is 0.758 bits per heavy atom. The second kappa shape index (κ2) is 47.6. The number of aliphatic hydroxyl groups excluding tert-OH is 1. The van der Waals surface area contributed by atoms with Crippen LogP contribution in [0, 0.1) is 0 Å². The van der Waals surface area contributed by atoms with Crippen molar-refractivity contribution >= 4 is 41.4 Å². The average Bonchev–Trinajstić information content (AvgIpc) is 3.29. The molecule has 66 heavy (non-hydrogen) atoms. The summed E-state index contributed by atoms with van der Waals surface area (Å²) in [5.74, 6) is -2.76. The number of carboxylic acid groups (broad SMARTS) is 1. The Hall–Kier alpha value is -3.91. The third kappa shape index (κ3) is 45.3. The summed E-state index contributed by atoms with van der Waals surface area (Å²) in [5.41, 5.74) is 0. The number of hydrogen-bond donors (Lipinski definition) is 8. The number of rotatable bonds is 49. The lowest BCUT2D eigenvalue weighted by Crippen LogP contribution is -2.42. The zero-order chi connectivity index (χ0) is 48.6. The van der Waals surface area contributed by atoms with Gasteiger partial charge in [-0.3, -0.25) is 28.8 Å². The maximum absolute atomic E-state index is 12.3. The van der Waals surface area contributed by atoms with E-state index in [4.69, 9.17) is 24.1 Å². The van der Waals surface area contributed by atoms with Crippen LogP contribution in [-0.2, 0) is 52.5 Å². The highest BCUT2D eigenvalue weighted by atomic mass is 16.5. The highest BCUT2D eigenvalue weighted by Crippen LogP contribution is 2.14. The maximum Gasteiger partial charge on any atom is 0.326 e. The Labute approximate surface area is 394 Å². The van der Waals surface area contributed by atoms with Crippen LogP contribution in [0.15, 0.2) is 0 Å². The van der Waals surface area contributed by atoms with Crippen molar-refractivity contribution in [2.75, 3.05) is 92.2 Å². The number of hydrogen-bond acceptors (Lipinski definition) is 12. The van der Waals surface area contributed by atoms with Crippen LogP contribution in [0.3, 0.4) is 0 Å². The normalized spacial score (nSPS) is 11.4. The molecule has 0 spiro atoms. The van der Waals surface area contributed by atoms with E-state index in [1.54, 1.807) is 0 Å². The average molecular weight is 945 g/mol. The minimum Gasteiger partial charge on any atom is -0.480 e. The van der Waals surface area contributed by atoms with E-state index in [2.05, 4.69) is 38.8 Å². The van der Waals surface area contributed by atoms with Crippen molar-refractivity contribution in [3.63, 3.8) is 0 Å². The third-order valence-corrected chi connectivity index (χ3v) is 10.4. The summed E-state index contributed by atoms with van der Waals surface area (Å²) < 4.78 is 21.3. The summed E-state index contributed by atoms with van der Waals surface area (Å²) in [6.45, 7) is 5.14. The van der Waals surface area contributed by atoms with Crippen LogP contribution in [-0.4, -0.2) is 150 Å². The van der Waals surface area contributed by atoms with Gasteiger partial charge in [-0.05, 0) is 38.5 Å². The van der Waals surface area contributed by atoms with Gasteiger partial charge in [-0.2, -0.15) is 0 Å². The standard InChI is InChI=1S/C47H88N6O13/c1-2-3-26-48-42(56)22-19-28-50-45(59)38-65-36-35-64-33-30-52-46(60)39-66-37-34-63-32-29-51-43(57)25-24-40(47(61)62)53-44(58)23-20-27-49-41(55)21-17-15-13-11-9-7-5-4-6-8-10-12-14-16-18-31-54/h40,54H,2-39H2,1H3,(H,48,56)(H,49,55)(H,50,59)(H,51,57)(H,52,60)(H,53,58)(H,61,62). The van der Waals surface area contributed by atoms with Crippen molar-refractivity contribution < 1.29 is 62.7 Å². The van der Waals surface area contributed by atoms with Crippen LogP contribution < -0.4 is 31.9 Å². The van der Waals surface area contributed by atoms with Crippen LogP contribution in [0.5, 0.6) is 0 Å². The number of nitrogens with one attached hydrogen (secondary N) is 6. The summed E-state index contributed by atoms with van der Waals surface area (Å²) in [7, 11) is 0. The second-order valence-electron chi connectivity index (χ2n) is 16.4. The lowest BCUT2D eigenvalue weighted by Gasteiger charge is -2.14. The van der Waals surface area contributed by atoms with Crippen molar-refractivity contribution in [2.24, 2.45) is 0 Å². The molecule has 19 heteroatoms. The minimum absolute atomic E-state index is 0.0207. The number of unbranched alkanes of at least 4 members (excludes halogenated alkanes) is 15. The monoisotopic (exact) mass is 945 g/mol. The van der Waals surface area contributed by atoms with Crippen molar-refractivity contribution in [1.29, 1.82) is 0 Å². The van der Waals surface area contributed by atoms with Crippen LogP contribution in [0.2, 0.25) is 0 Å². The molecule has 0 heterocycles. The molecule has 0 bridgehead atoms. The molecule has 0 saturated carbocycles. The molecular formula is C47H88N6O13. The van der Waals surface area contributed by atoms with Gasteiger partial charge in [0.15, 0.2) is 0 Å². The summed E-state index contributed by atoms with van der Waals surface area (Å²) in [6, 6.07) is -1.22. The SMILES string of the molecule is CCCCNC(=O)CCCNC(=O)COCCOCCNC(=O)COCCOCCNC(=O)CCC(NC(=O)CCCNC(=O)CCCCCCCCCCCCCCCCCO)C(=O)O. The third-order valence-electron chi connectivity index (χ3n) is 10.4. The van der Waals surface area contributed by atoms with E-state index in [-0.39, 0.29) is 115 Å². The molecule has 0 aromatic heterocycles. The lowest BCUT2D eigenvalue weighted by molar-refractivity contribution is -0.142. The fraction of sp³-hybridized carbons (Fsp3) is 0.851. The molecule has 19 nitrogen and oxygen atoms in total. The van der Waals surface area contributed by atoms with Crippen molar-refractivity contribution in [1.82, 2.24) is 31.9 Å². The molecule has 0 aliphatic carbocycles. The molecular weight excluding hydrogens is 857 g/mol. The summed E-state index contributed by atoms with van der Waals surface area (Å²) in [4.78, 5) is 83.8. The Kier molecular flexibility index (Phi) is 44.8. The zero-order valence-corrected chi connectivity index (χ0v) is 40.3. The largest absolute Gasteiger partial charge is 0.480 e.